The molecule has 0 saturated carbocycles. The predicted octanol–water partition coefficient (Wildman–Crippen LogP) is 7.35. The van der Waals surface area contributed by atoms with Crippen molar-refractivity contribution < 1.29 is 33.3 Å². The molecule has 1 amide bonds. The third-order valence-electron chi connectivity index (χ3n) is 7.11. The number of benzene rings is 3. The van der Waals surface area contributed by atoms with Crippen molar-refractivity contribution >= 4 is 45.7 Å². The number of hydrogen-bond acceptors (Lipinski definition) is 10. The quantitative estimate of drug-likeness (QED) is 0.0282. The van der Waals surface area contributed by atoms with E-state index < -0.39 is 17.7 Å². The Kier molecular flexibility index (Phi) is 10.7. The number of unbranched alkanes of at least 4 members (excludes halogenated alkanes) is 1. The van der Waals surface area contributed by atoms with Gasteiger partial charge in [-0.2, -0.15) is 0 Å². The topological polar surface area (TPSA) is 111 Å². The van der Waals surface area contributed by atoms with Crippen LogP contribution in [0.3, 0.4) is 0 Å². The van der Waals surface area contributed by atoms with Gasteiger partial charge in [0.2, 0.25) is 5.13 Å². The maximum atomic E-state index is 14.2. The Morgan fingerprint density at radius 2 is 1.87 bits per heavy atom. The summed E-state index contributed by atoms with van der Waals surface area (Å²) in [6.07, 6.45) is 3.49. The van der Waals surface area contributed by atoms with E-state index in [1.807, 2.05) is 0 Å². The zero-order valence-electron chi connectivity index (χ0n) is 25.3. The first kappa shape index (κ1) is 32.7. The Morgan fingerprint density at radius 1 is 1.09 bits per heavy atom. The Balaban J connectivity index is 1.54. The number of Topliss-reactive ketones (excluding diaryl/α,β-unsaturated/α-hetero) is 1. The van der Waals surface area contributed by atoms with E-state index >= 15 is 0 Å². The molecule has 0 spiro atoms. The monoisotopic (exact) mass is 661 g/mol. The van der Waals surface area contributed by atoms with E-state index in [0.29, 0.717) is 50.6 Å². The number of carbonyl (C=O) groups is 2. The van der Waals surface area contributed by atoms with Crippen molar-refractivity contribution in [2.75, 3.05) is 25.2 Å². The number of anilines is 1. The number of aromatic nitrogens is 2. The minimum atomic E-state index is -1.07. The van der Waals surface area contributed by atoms with Crippen molar-refractivity contribution in [3.05, 3.63) is 107 Å². The van der Waals surface area contributed by atoms with Crippen LogP contribution in [0.4, 0.5) is 9.52 Å². The lowest BCUT2D eigenvalue weighted by molar-refractivity contribution is -0.132. The molecule has 0 radical (unpaired) electrons. The van der Waals surface area contributed by atoms with Gasteiger partial charge in [-0.1, -0.05) is 73.4 Å². The average Bonchev–Trinajstić information content (AvgIpc) is 3.65. The van der Waals surface area contributed by atoms with Gasteiger partial charge in [0.1, 0.15) is 23.9 Å². The van der Waals surface area contributed by atoms with Gasteiger partial charge in [-0.15, -0.1) is 10.2 Å². The maximum Gasteiger partial charge on any atom is 0.301 e. The number of methoxy groups -OCH3 is 1. The number of halogens is 1. The number of rotatable bonds is 14. The predicted molar refractivity (Wildman–Crippen MR) is 176 cm³/mol. The summed E-state index contributed by atoms with van der Waals surface area (Å²) in [6.45, 7) is 6.54. The molecule has 3 aromatic carbocycles. The molecule has 1 unspecified atom stereocenters. The molecule has 1 aromatic heterocycles. The molecule has 1 aliphatic heterocycles. The fourth-order valence-electron chi connectivity index (χ4n) is 4.78. The van der Waals surface area contributed by atoms with E-state index in [4.69, 9.17) is 14.2 Å². The molecule has 0 bridgehead atoms. The van der Waals surface area contributed by atoms with Crippen molar-refractivity contribution in [1.82, 2.24) is 10.2 Å². The van der Waals surface area contributed by atoms with Crippen molar-refractivity contribution in [2.24, 2.45) is 0 Å². The van der Waals surface area contributed by atoms with Crippen molar-refractivity contribution in [3.8, 4) is 17.2 Å². The highest BCUT2D eigenvalue weighted by Crippen LogP contribution is 2.45. The van der Waals surface area contributed by atoms with E-state index in [9.17, 15) is 19.1 Å². The fourth-order valence-corrected chi connectivity index (χ4v) is 6.63. The smallest absolute Gasteiger partial charge is 0.301 e. The summed E-state index contributed by atoms with van der Waals surface area (Å²) in [5.41, 5.74) is 1.18. The van der Waals surface area contributed by atoms with Gasteiger partial charge in [0.15, 0.2) is 15.8 Å². The number of ether oxygens (including phenoxy) is 3. The van der Waals surface area contributed by atoms with E-state index in [1.165, 1.54) is 29.8 Å². The molecule has 46 heavy (non-hydrogen) atoms. The molecule has 0 aliphatic carbocycles. The van der Waals surface area contributed by atoms with Crippen LogP contribution in [0.15, 0.2) is 89.3 Å². The molecule has 238 valence electrons. The lowest BCUT2D eigenvalue weighted by Crippen LogP contribution is -2.29. The van der Waals surface area contributed by atoms with Crippen LogP contribution in [0.1, 0.15) is 42.5 Å². The minimum absolute atomic E-state index is 0.123. The van der Waals surface area contributed by atoms with Crippen LogP contribution in [-0.2, 0) is 15.3 Å². The number of amides is 1. The van der Waals surface area contributed by atoms with Gasteiger partial charge in [0, 0.05) is 11.3 Å². The highest BCUT2D eigenvalue weighted by atomic mass is 32.2. The summed E-state index contributed by atoms with van der Waals surface area (Å²) in [6, 6.07) is 17.0. The molecule has 1 aliphatic rings. The molecule has 5 rings (SSSR count). The first-order valence-electron chi connectivity index (χ1n) is 14.5. The van der Waals surface area contributed by atoms with Crippen LogP contribution in [0.5, 0.6) is 17.2 Å². The van der Waals surface area contributed by atoms with Gasteiger partial charge < -0.3 is 19.3 Å². The Labute approximate surface area is 274 Å². The Hall–Kier alpha value is -4.68. The van der Waals surface area contributed by atoms with Crippen molar-refractivity contribution in [2.45, 2.75) is 35.9 Å². The second-order valence-corrected chi connectivity index (χ2v) is 12.3. The second kappa shape index (κ2) is 15.1. The number of nitrogens with zero attached hydrogens (tertiary/aromatic N) is 3. The summed E-state index contributed by atoms with van der Waals surface area (Å²) in [4.78, 5) is 28.5. The van der Waals surface area contributed by atoms with E-state index in [2.05, 4.69) is 23.7 Å². The van der Waals surface area contributed by atoms with Gasteiger partial charge >= 0.3 is 5.91 Å². The SMILES string of the molecule is C=CCOc1ccc(C2/C(=C(\O)c3ccc(OCCCC)cc3)C(=O)C(=O)N2c2nnc(SCc3ccccc3F)s2)cc1OC. The van der Waals surface area contributed by atoms with Gasteiger partial charge in [0.25, 0.3) is 5.78 Å². The molecular weight excluding hydrogens is 630 g/mol. The van der Waals surface area contributed by atoms with Crippen LogP contribution in [0.25, 0.3) is 5.76 Å². The summed E-state index contributed by atoms with van der Waals surface area (Å²) in [5, 5.41) is 20.1. The number of aliphatic hydroxyl groups excluding tert-OH is 1. The fraction of sp³-hybridized carbons (Fsp3) is 0.235. The molecule has 1 fully saturated rings. The largest absolute Gasteiger partial charge is 0.507 e. The first-order valence-corrected chi connectivity index (χ1v) is 16.3. The lowest BCUT2D eigenvalue weighted by Gasteiger charge is -2.23. The number of aliphatic hydroxyl groups is 1. The van der Waals surface area contributed by atoms with Crippen molar-refractivity contribution in [1.29, 1.82) is 0 Å². The summed E-state index contributed by atoms with van der Waals surface area (Å²) in [7, 11) is 1.48. The van der Waals surface area contributed by atoms with Gasteiger partial charge in [0.05, 0.1) is 25.3 Å². The van der Waals surface area contributed by atoms with Crippen LogP contribution in [-0.4, -0.2) is 47.3 Å². The summed E-state index contributed by atoms with van der Waals surface area (Å²) in [5.74, 6) is -0.731. The lowest BCUT2D eigenvalue weighted by atomic mass is 9.95. The molecule has 1 atom stereocenters. The number of ketones is 1. The standard InChI is InChI=1S/C34H32FN3O6S2/c1-4-6-18-43-24-14-11-21(12-15-24)30(39)28-29(22-13-16-26(44-17-5-2)27(19-22)42-3)38(32(41)31(28)40)33-36-37-34(46-33)45-20-23-9-7-8-10-25(23)35/h5,7-16,19,29,39H,2,4,6,17-18,20H2,1,3H3/b30-28+. The molecule has 1 saturated heterocycles. The number of thioether (sulfide) groups is 1. The third kappa shape index (κ3) is 7.08. The zero-order valence-corrected chi connectivity index (χ0v) is 26.9. The normalized spacial score (nSPS) is 15.6. The molecular formula is C34H32FN3O6S2. The second-order valence-electron chi connectivity index (χ2n) is 10.1. The van der Waals surface area contributed by atoms with Gasteiger partial charge in [-0.25, -0.2) is 4.39 Å². The van der Waals surface area contributed by atoms with E-state index in [-0.39, 0.29) is 28.9 Å². The van der Waals surface area contributed by atoms with Gasteiger partial charge in [-0.3, -0.25) is 14.5 Å². The van der Waals surface area contributed by atoms with E-state index in [1.54, 1.807) is 66.7 Å². The highest BCUT2D eigenvalue weighted by molar-refractivity contribution is 8.00. The Morgan fingerprint density at radius 3 is 2.59 bits per heavy atom. The van der Waals surface area contributed by atoms with Crippen LogP contribution >= 0.6 is 23.1 Å². The molecule has 9 nitrogen and oxygen atoms in total. The first-order chi connectivity index (χ1) is 22.4. The maximum absolute atomic E-state index is 14.2. The average molecular weight is 662 g/mol. The molecule has 1 N–H and O–H groups in total. The van der Waals surface area contributed by atoms with Crippen LogP contribution in [0.2, 0.25) is 0 Å². The summed E-state index contributed by atoms with van der Waals surface area (Å²) >= 11 is 2.35. The number of carbonyl (C=O) groups excluding carboxylic acids is 2. The molecule has 4 aromatic rings. The van der Waals surface area contributed by atoms with Crippen molar-refractivity contribution in [3.63, 3.8) is 0 Å². The van der Waals surface area contributed by atoms with Crippen LogP contribution in [0, 0.1) is 5.82 Å². The van der Waals surface area contributed by atoms with E-state index in [0.717, 1.165) is 24.2 Å². The van der Waals surface area contributed by atoms with Gasteiger partial charge in [-0.05, 0) is 60.0 Å². The third-order valence-corrected chi connectivity index (χ3v) is 9.21. The summed E-state index contributed by atoms with van der Waals surface area (Å²) < 4.78 is 31.7. The number of hydrogen-bond donors (Lipinski definition) is 1. The molecule has 12 heteroatoms. The minimum Gasteiger partial charge on any atom is -0.507 e. The zero-order chi connectivity index (χ0) is 32.6. The van der Waals surface area contributed by atoms with Crippen LogP contribution < -0.4 is 19.1 Å². The Bertz CT molecular complexity index is 1760. The molecule has 2 heterocycles. The highest BCUT2D eigenvalue weighted by Gasteiger charge is 2.48.